The Morgan fingerprint density at radius 1 is 1.32 bits per heavy atom. The fourth-order valence-corrected chi connectivity index (χ4v) is 2.55. The van der Waals surface area contributed by atoms with E-state index in [-0.39, 0.29) is 6.04 Å². The highest BCUT2D eigenvalue weighted by Crippen LogP contribution is 2.29. The number of rotatable bonds is 7. The third-order valence-corrected chi connectivity index (χ3v) is 4.14. The Morgan fingerprint density at radius 2 is 2.16 bits per heavy atom. The first-order valence-corrected chi connectivity index (χ1v) is 8.47. The number of aromatic amines is 1. The predicted molar refractivity (Wildman–Crippen MR) is 97.0 cm³/mol. The summed E-state index contributed by atoms with van der Waals surface area (Å²) in [6, 6.07) is 8.24. The van der Waals surface area contributed by atoms with Gasteiger partial charge in [-0.25, -0.2) is 4.99 Å². The van der Waals surface area contributed by atoms with Crippen molar-refractivity contribution in [3.8, 4) is 11.5 Å². The van der Waals surface area contributed by atoms with Gasteiger partial charge in [-0.15, -0.1) is 0 Å². The molecule has 7 heteroatoms. The Morgan fingerprint density at radius 3 is 2.80 bits per heavy atom. The summed E-state index contributed by atoms with van der Waals surface area (Å²) in [6.07, 6.45) is 4.10. The Balaban J connectivity index is 1.75. The quantitative estimate of drug-likeness (QED) is 0.531. The summed E-state index contributed by atoms with van der Waals surface area (Å²) in [5.41, 5.74) is 2.00. The van der Waals surface area contributed by atoms with Gasteiger partial charge in [-0.1, -0.05) is 0 Å². The molecule has 1 aliphatic carbocycles. The summed E-state index contributed by atoms with van der Waals surface area (Å²) in [5.74, 6) is 2.41. The number of aliphatic imine (C=N–C) groups is 1. The Bertz CT molecular complexity index is 710. The molecule has 3 rings (SSSR count). The highest BCUT2D eigenvalue weighted by molar-refractivity contribution is 5.81. The summed E-state index contributed by atoms with van der Waals surface area (Å²) >= 11 is 0. The first-order chi connectivity index (χ1) is 12.2. The smallest absolute Gasteiger partial charge is 0.192 e. The summed E-state index contributed by atoms with van der Waals surface area (Å²) in [4.78, 5) is 4.66. The van der Waals surface area contributed by atoms with Gasteiger partial charge in [0.05, 0.1) is 32.5 Å². The molecule has 3 N–H and O–H groups in total. The number of aromatic nitrogens is 2. The zero-order chi connectivity index (χ0) is 17.6. The largest absolute Gasteiger partial charge is 0.497 e. The van der Waals surface area contributed by atoms with Crippen LogP contribution in [0.15, 0.2) is 35.5 Å². The average molecular weight is 343 g/mol. The predicted octanol–water partition coefficient (Wildman–Crippen LogP) is 2.39. The van der Waals surface area contributed by atoms with E-state index in [9.17, 15) is 0 Å². The molecule has 1 aliphatic rings. The second kappa shape index (κ2) is 7.92. The molecule has 0 bridgehead atoms. The van der Waals surface area contributed by atoms with Crippen LogP contribution in [-0.4, -0.2) is 36.4 Å². The van der Waals surface area contributed by atoms with Crippen molar-refractivity contribution in [2.24, 2.45) is 4.99 Å². The van der Waals surface area contributed by atoms with Crippen LogP contribution in [0.5, 0.6) is 11.5 Å². The van der Waals surface area contributed by atoms with Gasteiger partial charge in [-0.2, -0.15) is 5.10 Å². The molecule has 1 unspecified atom stereocenters. The van der Waals surface area contributed by atoms with E-state index < -0.39 is 0 Å². The van der Waals surface area contributed by atoms with Gasteiger partial charge in [-0.05, 0) is 44.0 Å². The van der Waals surface area contributed by atoms with E-state index in [0.29, 0.717) is 12.6 Å². The molecule has 0 radical (unpaired) electrons. The van der Waals surface area contributed by atoms with Crippen LogP contribution in [0.2, 0.25) is 0 Å². The van der Waals surface area contributed by atoms with Crippen LogP contribution in [0.1, 0.15) is 37.1 Å². The maximum atomic E-state index is 5.49. The Kier molecular flexibility index (Phi) is 5.42. The maximum Gasteiger partial charge on any atom is 0.192 e. The molecule has 1 saturated carbocycles. The number of methoxy groups -OCH3 is 2. The van der Waals surface area contributed by atoms with Gasteiger partial charge in [-0.3, -0.25) is 5.10 Å². The number of H-pyrrole nitrogens is 1. The van der Waals surface area contributed by atoms with Crippen LogP contribution in [0.25, 0.3) is 0 Å². The van der Waals surface area contributed by atoms with Crippen LogP contribution in [0.4, 0.5) is 0 Å². The molecule has 134 valence electrons. The zero-order valence-corrected chi connectivity index (χ0v) is 14.9. The van der Waals surface area contributed by atoms with Crippen molar-refractivity contribution >= 4 is 5.96 Å². The molecule has 1 atom stereocenters. The van der Waals surface area contributed by atoms with Crippen molar-refractivity contribution in [1.82, 2.24) is 20.8 Å². The first-order valence-electron chi connectivity index (χ1n) is 8.47. The Labute approximate surface area is 147 Å². The molecular weight excluding hydrogens is 318 g/mol. The molecule has 7 nitrogen and oxygen atoms in total. The van der Waals surface area contributed by atoms with E-state index >= 15 is 0 Å². The van der Waals surface area contributed by atoms with Crippen LogP contribution < -0.4 is 20.1 Å². The summed E-state index contributed by atoms with van der Waals surface area (Å²) in [7, 11) is 3.34. The zero-order valence-electron chi connectivity index (χ0n) is 14.9. The minimum Gasteiger partial charge on any atom is -0.497 e. The van der Waals surface area contributed by atoms with Crippen LogP contribution in [0.3, 0.4) is 0 Å². The lowest BCUT2D eigenvalue weighted by atomic mass is 10.1. The van der Waals surface area contributed by atoms with Gasteiger partial charge in [0.15, 0.2) is 5.96 Å². The fraction of sp³-hybridized carbons (Fsp3) is 0.444. The molecule has 1 aromatic heterocycles. The van der Waals surface area contributed by atoms with Gasteiger partial charge >= 0.3 is 0 Å². The van der Waals surface area contributed by atoms with Crippen molar-refractivity contribution in [3.63, 3.8) is 0 Å². The lowest BCUT2D eigenvalue weighted by Crippen LogP contribution is -2.40. The number of benzene rings is 1. The lowest BCUT2D eigenvalue weighted by Gasteiger charge is -2.21. The molecule has 25 heavy (non-hydrogen) atoms. The van der Waals surface area contributed by atoms with Crippen molar-refractivity contribution in [1.29, 1.82) is 0 Å². The van der Waals surface area contributed by atoms with Crippen molar-refractivity contribution < 1.29 is 9.47 Å². The first kappa shape index (κ1) is 17.1. The number of nitrogens with zero attached hydrogens (tertiary/aromatic N) is 2. The molecule has 1 heterocycles. The van der Waals surface area contributed by atoms with Crippen LogP contribution in [-0.2, 0) is 6.54 Å². The second-order valence-electron chi connectivity index (χ2n) is 6.14. The molecule has 0 aliphatic heterocycles. The third kappa shape index (κ3) is 4.65. The summed E-state index contributed by atoms with van der Waals surface area (Å²) in [6.45, 7) is 2.63. The molecule has 1 aromatic carbocycles. The molecule has 0 saturated heterocycles. The van der Waals surface area contributed by atoms with Crippen LogP contribution in [0, 0.1) is 0 Å². The van der Waals surface area contributed by atoms with E-state index in [2.05, 4.69) is 32.7 Å². The number of nitrogens with one attached hydrogen (secondary N) is 3. The highest BCUT2D eigenvalue weighted by atomic mass is 16.5. The molecule has 1 fully saturated rings. The standard InChI is InChI=1S/C18H25N5O2/c1-12(16-10-15(24-2)6-7-17(16)25-3)21-18(22-13-4-5-13)19-11-14-8-9-20-23-14/h6-10,12-13H,4-5,11H2,1-3H3,(H,20,23)(H2,19,21,22). The van der Waals surface area contributed by atoms with E-state index in [4.69, 9.17) is 9.47 Å². The Hall–Kier alpha value is -2.70. The molecular formula is C18H25N5O2. The van der Waals surface area contributed by atoms with Gasteiger partial charge in [0.1, 0.15) is 11.5 Å². The minimum absolute atomic E-state index is 0.0109. The van der Waals surface area contributed by atoms with Crippen molar-refractivity contribution in [3.05, 3.63) is 41.7 Å². The van der Waals surface area contributed by atoms with E-state index in [1.807, 2.05) is 24.3 Å². The average Bonchev–Trinajstić information content (AvgIpc) is 3.30. The number of hydrogen-bond donors (Lipinski definition) is 3. The number of ether oxygens (including phenoxy) is 2. The van der Waals surface area contributed by atoms with Gasteiger partial charge < -0.3 is 20.1 Å². The normalized spacial score (nSPS) is 15.6. The lowest BCUT2D eigenvalue weighted by molar-refractivity contribution is 0.394. The van der Waals surface area contributed by atoms with E-state index in [1.54, 1.807) is 20.4 Å². The molecule has 0 spiro atoms. The highest BCUT2D eigenvalue weighted by Gasteiger charge is 2.23. The van der Waals surface area contributed by atoms with E-state index in [0.717, 1.165) is 28.7 Å². The summed E-state index contributed by atoms with van der Waals surface area (Å²) < 4.78 is 10.8. The molecule has 2 aromatic rings. The third-order valence-electron chi connectivity index (χ3n) is 4.14. The maximum absolute atomic E-state index is 5.49. The van der Waals surface area contributed by atoms with Gasteiger partial charge in [0, 0.05) is 17.8 Å². The van der Waals surface area contributed by atoms with Gasteiger partial charge in [0.25, 0.3) is 0 Å². The van der Waals surface area contributed by atoms with Gasteiger partial charge in [0.2, 0.25) is 0 Å². The number of hydrogen-bond acceptors (Lipinski definition) is 4. The second-order valence-corrected chi connectivity index (χ2v) is 6.14. The fourth-order valence-electron chi connectivity index (χ4n) is 2.55. The minimum atomic E-state index is 0.0109. The van der Waals surface area contributed by atoms with Crippen molar-refractivity contribution in [2.45, 2.75) is 38.4 Å². The molecule has 0 amide bonds. The topological polar surface area (TPSA) is 83.6 Å². The number of guanidine groups is 1. The van der Waals surface area contributed by atoms with Crippen LogP contribution >= 0.6 is 0 Å². The monoisotopic (exact) mass is 343 g/mol. The summed E-state index contributed by atoms with van der Waals surface area (Å²) in [5, 5.41) is 13.8. The van der Waals surface area contributed by atoms with Crippen molar-refractivity contribution in [2.75, 3.05) is 14.2 Å². The van der Waals surface area contributed by atoms with E-state index in [1.165, 1.54) is 12.8 Å². The SMILES string of the molecule is COc1ccc(OC)c(C(C)NC(=NCc2ccn[nH]2)NC2CC2)c1.